The van der Waals surface area contributed by atoms with Crippen LogP contribution in [-0.4, -0.2) is 10.9 Å². The van der Waals surface area contributed by atoms with Gasteiger partial charge >= 0.3 is 0 Å². The van der Waals surface area contributed by atoms with Gasteiger partial charge in [-0.05, 0) is 43.7 Å². The first-order valence-electron chi connectivity index (χ1n) is 7.23. The molecule has 0 saturated heterocycles. The summed E-state index contributed by atoms with van der Waals surface area (Å²) in [6.07, 6.45) is 5.47. The first-order chi connectivity index (χ1) is 9.33. The van der Waals surface area contributed by atoms with Gasteiger partial charge in [-0.25, -0.2) is 0 Å². The first kappa shape index (κ1) is 11.1. The van der Waals surface area contributed by atoms with Crippen molar-refractivity contribution in [2.24, 2.45) is 5.92 Å². The van der Waals surface area contributed by atoms with Gasteiger partial charge < -0.3 is 10.3 Å². The average Bonchev–Trinajstić information content (AvgIpc) is 3.21. The Balaban J connectivity index is 1.71. The molecule has 1 aromatic heterocycles. The van der Waals surface area contributed by atoms with E-state index >= 15 is 0 Å². The Morgan fingerprint density at radius 3 is 2.89 bits per heavy atom. The number of amides is 1. The monoisotopic (exact) mass is 254 g/mol. The van der Waals surface area contributed by atoms with Crippen molar-refractivity contribution in [1.82, 2.24) is 10.3 Å². The van der Waals surface area contributed by atoms with Crippen LogP contribution in [0.2, 0.25) is 0 Å². The summed E-state index contributed by atoms with van der Waals surface area (Å²) < 4.78 is 0. The van der Waals surface area contributed by atoms with Crippen molar-refractivity contribution < 1.29 is 4.79 Å². The number of carbonyl (C=O) groups is 1. The van der Waals surface area contributed by atoms with E-state index in [4.69, 9.17) is 0 Å². The van der Waals surface area contributed by atoms with Crippen LogP contribution in [0.5, 0.6) is 0 Å². The molecule has 1 saturated carbocycles. The molecule has 2 N–H and O–H groups in total. The predicted molar refractivity (Wildman–Crippen MR) is 74.8 cm³/mol. The van der Waals surface area contributed by atoms with Crippen LogP contribution in [0.4, 0.5) is 0 Å². The lowest BCUT2D eigenvalue weighted by atomic mass is 9.91. The van der Waals surface area contributed by atoms with Crippen molar-refractivity contribution in [2.45, 2.75) is 38.1 Å². The zero-order valence-corrected chi connectivity index (χ0v) is 10.9. The molecule has 1 heterocycles. The fourth-order valence-electron chi connectivity index (χ4n) is 3.19. The van der Waals surface area contributed by atoms with Gasteiger partial charge in [0.2, 0.25) is 5.91 Å². The summed E-state index contributed by atoms with van der Waals surface area (Å²) in [5, 5.41) is 4.55. The van der Waals surface area contributed by atoms with Crippen molar-refractivity contribution in [3.8, 4) is 0 Å². The highest BCUT2D eigenvalue weighted by Crippen LogP contribution is 2.36. The summed E-state index contributed by atoms with van der Waals surface area (Å²) in [5.41, 5.74) is 3.84. The van der Waals surface area contributed by atoms with Crippen molar-refractivity contribution in [3.63, 3.8) is 0 Å². The number of benzene rings is 1. The predicted octanol–water partition coefficient (Wildman–Crippen LogP) is 3.07. The van der Waals surface area contributed by atoms with Crippen LogP contribution in [0, 0.1) is 5.92 Å². The van der Waals surface area contributed by atoms with Crippen molar-refractivity contribution in [2.75, 3.05) is 0 Å². The minimum absolute atomic E-state index is 0.184. The Hall–Kier alpha value is -1.77. The van der Waals surface area contributed by atoms with E-state index in [-0.39, 0.29) is 17.9 Å². The molecule has 0 radical (unpaired) electrons. The van der Waals surface area contributed by atoms with Crippen molar-refractivity contribution in [3.05, 3.63) is 35.5 Å². The van der Waals surface area contributed by atoms with Gasteiger partial charge in [-0.1, -0.05) is 18.2 Å². The summed E-state index contributed by atoms with van der Waals surface area (Å²) in [6.45, 7) is 0. The van der Waals surface area contributed by atoms with E-state index in [1.165, 1.54) is 22.2 Å². The standard InChI is InChI=1S/C16H18N2O/c19-16(10-8-9-10)18-14-7-3-5-12-11-4-1-2-6-13(11)17-15(12)14/h1-2,4,6,10,14,17H,3,5,7-9H2,(H,18,19). The van der Waals surface area contributed by atoms with Gasteiger partial charge in [0.05, 0.1) is 6.04 Å². The fraction of sp³-hybridized carbons (Fsp3) is 0.438. The number of aryl methyl sites for hydroxylation is 1. The van der Waals surface area contributed by atoms with Crippen LogP contribution >= 0.6 is 0 Å². The maximum atomic E-state index is 12.0. The van der Waals surface area contributed by atoms with Crippen LogP contribution in [0.25, 0.3) is 10.9 Å². The highest BCUT2D eigenvalue weighted by atomic mass is 16.2. The van der Waals surface area contributed by atoms with Gasteiger partial charge in [0.15, 0.2) is 0 Å². The normalized spacial score (nSPS) is 22.2. The van der Waals surface area contributed by atoms with E-state index < -0.39 is 0 Å². The second-order valence-electron chi connectivity index (χ2n) is 5.79. The van der Waals surface area contributed by atoms with E-state index in [9.17, 15) is 4.79 Å². The Kier molecular flexibility index (Phi) is 2.40. The molecule has 1 amide bonds. The van der Waals surface area contributed by atoms with Crippen LogP contribution in [0.3, 0.4) is 0 Å². The Morgan fingerprint density at radius 1 is 1.21 bits per heavy atom. The smallest absolute Gasteiger partial charge is 0.223 e. The number of nitrogens with one attached hydrogen (secondary N) is 2. The number of aromatic amines is 1. The molecule has 3 nitrogen and oxygen atoms in total. The summed E-state index contributed by atoms with van der Waals surface area (Å²) in [7, 11) is 0. The van der Waals surface area contributed by atoms with E-state index in [1.807, 2.05) is 0 Å². The van der Waals surface area contributed by atoms with Gasteiger partial charge in [-0.3, -0.25) is 4.79 Å². The minimum atomic E-state index is 0.184. The maximum Gasteiger partial charge on any atom is 0.223 e. The highest BCUT2D eigenvalue weighted by molar-refractivity contribution is 5.86. The summed E-state index contributed by atoms with van der Waals surface area (Å²) >= 11 is 0. The number of para-hydroxylation sites is 1. The van der Waals surface area contributed by atoms with Gasteiger partial charge in [0.1, 0.15) is 0 Å². The summed E-state index contributed by atoms with van der Waals surface area (Å²) in [5.74, 6) is 0.534. The van der Waals surface area contributed by atoms with Crippen LogP contribution in [0.1, 0.15) is 43.0 Å². The molecule has 19 heavy (non-hydrogen) atoms. The van der Waals surface area contributed by atoms with E-state index in [0.717, 1.165) is 32.1 Å². The van der Waals surface area contributed by atoms with Gasteiger partial charge in [0.25, 0.3) is 0 Å². The van der Waals surface area contributed by atoms with Gasteiger partial charge in [-0.2, -0.15) is 0 Å². The number of hydrogen-bond acceptors (Lipinski definition) is 1. The molecule has 4 rings (SSSR count). The molecule has 2 aromatic rings. The van der Waals surface area contributed by atoms with E-state index in [1.54, 1.807) is 0 Å². The Labute approximate surface area is 112 Å². The molecular formula is C16H18N2O. The molecule has 1 unspecified atom stereocenters. The summed E-state index contributed by atoms with van der Waals surface area (Å²) in [6, 6.07) is 8.62. The molecule has 2 aliphatic rings. The number of aromatic nitrogens is 1. The van der Waals surface area contributed by atoms with E-state index in [2.05, 4.69) is 34.6 Å². The molecule has 98 valence electrons. The lowest BCUT2D eigenvalue weighted by molar-refractivity contribution is -0.123. The highest BCUT2D eigenvalue weighted by Gasteiger charge is 2.33. The summed E-state index contributed by atoms with van der Waals surface area (Å²) in [4.78, 5) is 15.5. The second kappa shape index (κ2) is 4.12. The molecule has 0 bridgehead atoms. The maximum absolute atomic E-state index is 12.0. The van der Waals surface area contributed by atoms with Crippen molar-refractivity contribution >= 4 is 16.8 Å². The lowest BCUT2D eigenvalue weighted by Gasteiger charge is -2.23. The molecule has 0 spiro atoms. The molecule has 2 aliphatic carbocycles. The second-order valence-corrected chi connectivity index (χ2v) is 5.79. The van der Waals surface area contributed by atoms with Crippen LogP contribution in [-0.2, 0) is 11.2 Å². The van der Waals surface area contributed by atoms with Gasteiger partial charge in [-0.15, -0.1) is 0 Å². The molecular weight excluding hydrogens is 236 g/mol. The third-order valence-electron chi connectivity index (χ3n) is 4.38. The first-order valence-corrected chi connectivity index (χ1v) is 7.23. The molecule has 1 fully saturated rings. The molecule has 3 heteroatoms. The minimum Gasteiger partial charge on any atom is -0.356 e. The Morgan fingerprint density at radius 2 is 2.05 bits per heavy atom. The van der Waals surface area contributed by atoms with Crippen molar-refractivity contribution in [1.29, 1.82) is 0 Å². The largest absolute Gasteiger partial charge is 0.356 e. The number of hydrogen-bond donors (Lipinski definition) is 2. The zero-order chi connectivity index (χ0) is 12.8. The molecule has 1 aromatic carbocycles. The number of carbonyl (C=O) groups excluding carboxylic acids is 1. The van der Waals surface area contributed by atoms with Crippen LogP contribution in [0.15, 0.2) is 24.3 Å². The number of rotatable bonds is 2. The topological polar surface area (TPSA) is 44.9 Å². The lowest BCUT2D eigenvalue weighted by Crippen LogP contribution is -2.32. The van der Waals surface area contributed by atoms with Gasteiger partial charge in [0, 0.05) is 22.5 Å². The van der Waals surface area contributed by atoms with E-state index in [0.29, 0.717) is 0 Å². The third kappa shape index (κ3) is 1.84. The fourth-order valence-corrected chi connectivity index (χ4v) is 3.19. The van der Waals surface area contributed by atoms with Crippen LogP contribution < -0.4 is 5.32 Å². The zero-order valence-electron chi connectivity index (χ0n) is 10.9. The SMILES string of the molecule is O=C(NC1CCCc2c1[nH]c1ccccc21)C1CC1. The number of H-pyrrole nitrogens is 1. The molecule has 1 atom stereocenters. The third-order valence-corrected chi connectivity index (χ3v) is 4.38. The quantitative estimate of drug-likeness (QED) is 0.850. The molecule has 0 aliphatic heterocycles. The average molecular weight is 254 g/mol. The Bertz CT molecular complexity index is 639. The number of fused-ring (bicyclic) bond motifs is 3.